The molecule has 0 amide bonds. The Morgan fingerprint density at radius 2 is 1.71 bits per heavy atom. The van der Waals surface area contributed by atoms with Crippen molar-refractivity contribution in [3.05, 3.63) is 113 Å². The maximum Gasteiger partial charge on any atom is 0.339 e. The van der Waals surface area contributed by atoms with Crippen molar-refractivity contribution in [2.45, 2.75) is 25.9 Å². The average Bonchev–Trinajstić information content (AvgIpc) is 3.39. The number of aryl methyl sites for hydroxylation is 1. The Balaban J connectivity index is 1.69. The van der Waals surface area contributed by atoms with Crippen LogP contribution in [0.25, 0.3) is 5.69 Å². The van der Waals surface area contributed by atoms with Gasteiger partial charge < -0.3 is 19.5 Å². The molecule has 2 atom stereocenters. The van der Waals surface area contributed by atoms with Crippen molar-refractivity contribution in [1.29, 1.82) is 0 Å². The van der Waals surface area contributed by atoms with Crippen LogP contribution < -0.4 is 10.2 Å². The minimum Gasteiger partial charge on any atom is -0.465 e. The Morgan fingerprint density at radius 3 is 2.43 bits per heavy atom. The molecule has 0 aliphatic carbocycles. The number of esters is 1. The molecule has 1 saturated heterocycles. The topological polar surface area (TPSA) is 59.4 Å². The summed E-state index contributed by atoms with van der Waals surface area (Å²) in [6.45, 7) is 4.13. The number of hydrogen-bond donors (Lipinski definition) is 1. The molecule has 176 valence electrons. The van der Waals surface area contributed by atoms with Crippen molar-refractivity contribution >= 4 is 29.0 Å². The number of para-hydroxylation sites is 2. The van der Waals surface area contributed by atoms with Crippen molar-refractivity contribution in [3.63, 3.8) is 0 Å². The molecular formula is C28H26N4O2S. The molecule has 1 fully saturated rings. The molecule has 0 saturated carbocycles. The molecule has 2 aromatic heterocycles. The van der Waals surface area contributed by atoms with E-state index in [1.165, 1.54) is 7.11 Å². The van der Waals surface area contributed by atoms with Gasteiger partial charge in [-0.25, -0.2) is 4.79 Å². The lowest BCUT2D eigenvalue weighted by molar-refractivity contribution is 0.0600. The maximum absolute atomic E-state index is 12.5. The fourth-order valence-corrected chi connectivity index (χ4v) is 5.29. The molecule has 1 aliphatic rings. The van der Waals surface area contributed by atoms with Gasteiger partial charge in [-0.2, -0.15) is 0 Å². The van der Waals surface area contributed by atoms with E-state index in [0.29, 0.717) is 10.7 Å². The summed E-state index contributed by atoms with van der Waals surface area (Å²) in [4.78, 5) is 19.3. The van der Waals surface area contributed by atoms with Crippen molar-refractivity contribution in [3.8, 4) is 5.69 Å². The summed E-state index contributed by atoms with van der Waals surface area (Å²) in [7, 11) is 1.40. The van der Waals surface area contributed by atoms with Gasteiger partial charge >= 0.3 is 5.97 Å². The van der Waals surface area contributed by atoms with E-state index in [0.717, 1.165) is 34.0 Å². The normalized spacial score (nSPS) is 17.3. The van der Waals surface area contributed by atoms with Crippen molar-refractivity contribution in [2.24, 2.45) is 0 Å². The van der Waals surface area contributed by atoms with Gasteiger partial charge in [0, 0.05) is 23.3 Å². The van der Waals surface area contributed by atoms with E-state index in [-0.39, 0.29) is 18.1 Å². The highest BCUT2D eigenvalue weighted by atomic mass is 32.1. The predicted molar refractivity (Wildman–Crippen MR) is 141 cm³/mol. The van der Waals surface area contributed by atoms with E-state index < -0.39 is 0 Å². The number of methoxy groups -OCH3 is 1. The van der Waals surface area contributed by atoms with Crippen LogP contribution in [0.3, 0.4) is 0 Å². The van der Waals surface area contributed by atoms with Gasteiger partial charge in [0.25, 0.3) is 0 Å². The second-order valence-corrected chi connectivity index (χ2v) is 8.89. The van der Waals surface area contributed by atoms with Gasteiger partial charge in [-0.05, 0) is 74.1 Å². The number of thiocarbonyl (C=S) groups is 1. The quantitative estimate of drug-likeness (QED) is 0.301. The number of nitrogens with zero attached hydrogens (tertiary/aromatic N) is 3. The Bertz CT molecular complexity index is 1380. The fourth-order valence-electron chi connectivity index (χ4n) is 4.95. The van der Waals surface area contributed by atoms with E-state index in [2.05, 4.69) is 44.9 Å². The number of rotatable bonds is 5. The van der Waals surface area contributed by atoms with Crippen molar-refractivity contribution in [2.75, 3.05) is 12.0 Å². The lowest BCUT2D eigenvalue weighted by atomic mass is 9.96. The fraction of sp³-hybridized carbons (Fsp3) is 0.179. The van der Waals surface area contributed by atoms with E-state index in [4.69, 9.17) is 17.0 Å². The van der Waals surface area contributed by atoms with Crippen molar-refractivity contribution < 1.29 is 9.53 Å². The van der Waals surface area contributed by atoms with Crippen molar-refractivity contribution in [1.82, 2.24) is 14.9 Å². The number of pyridine rings is 1. The van der Waals surface area contributed by atoms with Crippen LogP contribution in [0.4, 0.5) is 5.69 Å². The van der Waals surface area contributed by atoms with Crippen LogP contribution >= 0.6 is 12.2 Å². The first-order valence-corrected chi connectivity index (χ1v) is 11.8. The first-order valence-electron chi connectivity index (χ1n) is 11.4. The summed E-state index contributed by atoms with van der Waals surface area (Å²) in [5.74, 6) is -0.365. The minimum absolute atomic E-state index is 0.134. The summed E-state index contributed by atoms with van der Waals surface area (Å²) >= 11 is 5.84. The lowest BCUT2D eigenvalue weighted by Crippen LogP contribution is -2.29. The van der Waals surface area contributed by atoms with Gasteiger partial charge in [0.15, 0.2) is 5.11 Å². The number of carbonyl (C=O) groups excluding carboxylic acids is 1. The number of hydrogen-bond acceptors (Lipinski definition) is 4. The summed E-state index contributed by atoms with van der Waals surface area (Å²) in [5.41, 5.74) is 6.37. The molecular weight excluding hydrogens is 456 g/mol. The van der Waals surface area contributed by atoms with Crippen LogP contribution in [0.1, 0.15) is 45.1 Å². The molecule has 5 rings (SSSR count). The highest BCUT2D eigenvalue weighted by Gasteiger charge is 2.42. The Kier molecular flexibility index (Phi) is 6.09. The third-order valence-electron chi connectivity index (χ3n) is 6.47. The number of aromatic nitrogens is 2. The maximum atomic E-state index is 12.5. The second-order valence-electron chi connectivity index (χ2n) is 8.50. The Labute approximate surface area is 210 Å². The third-order valence-corrected chi connectivity index (χ3v) is 6.79. The zero-order valence-corrected chi connectivity index (χ0v) is 20.6. The third kappa shape index (κ3) is 3.98. The number of benzene rings is 2. The molecule has 2 aromatic carbocycles. The molecule has 4 aromatic rings. The Morgan fingerprint density at radius 1 is 1.00 bits per heavy atom. The molecule has 7 heteroatoms. The van der Waals surface area contributed by atoms with Gasteiger partial charge in [-0.3, -0.25) is 4.98 Å². The summed E-state index contributed by atoms with van der Waals surface area (Å²) in [6.07, 6.45) is 1.80. The number of carbonyl (C=O) groups is 1. The first-order chi connectivity index (χ1) is 17.0. The molecule has 6 nitrogen and oxygen atoms in total. The summed E-state index contributed by atoms with van der Waals surface area (Å²) in [6, 6.07) is 25.5. The van der Waals surface area contributed by atoms with Crippen LogP contribution in [0, 0.1) is 13.8 Å². The smallest absolute Gasteiger partial charge is 0.339 e. The van der Waals surface area contributed by atoms with Gasteiger partial charge in [-0.15, -0.1) is 0 Å². The molecule has 1 N–H and O–H groups in total. The molecule has 0 spiro atoms. The number of anilines is 1. The average molecular weight is 483 g/mol. The number of ether oxygens (including phenoxy) is 1. The molecule has 2 unspecified atom stereocenters. The lowest BCUT2D eigenvalue weighted by Gasteiger charge is -2.28. The summed E-state index contributed by atoms with van der Waals surface area (Å²) in [5, 5.41) is 4.16. The predicted octanol–water partition coefficient (Wildman–Crippen LogP) is 5.45. The van der Waals surface area contributed by atoms with E-state index in [1.807, 2.05) is 61.5 Å². The largest absolute Gasteiger partial charge is 0.465 e. The van der Waals surface area contributed by atoms with Gasteiger partial charge in [0.05, 0.1) is 36.1 Å². The summed E-state index contributed by atoms with van der Waals surface area (Å²) < 4.78 is 7.17. The van der Waals surface area contributed by atoms with Crippen LogP contribution in [-0.2, 0) is 4.74 Å². The second kappa shape index (κ2) is 9.35. The zero-order valence-electron chi connectivity index (χ0n) is 19.8. The zero-order chi connectivity index (χ0) is 24.5. The molecule has 1 aliphatic heterocycles. The van der Waals surface area contributed by atoms with Crippen LogP contribution in [-0.4, -0.2) is 27.7 Å². The molecule has 3 heterocycles. The highest BCUT2D eigenvalue weighted by Crippen LogP contribution is 2.43. The SMILES string of the molecule is COC(=O)c1ccccc1-n1c(C)cc(C2C(c3ccccn3)NC(=S)N2c2ccccc2)c1C. The number of nitrogens with one attached hydrogen (secondary N) is 1. The van der Waals surface area contributed by atoms with Crippen LogP contribution in [0.15, 0.2) is 85.1 Å². The Hall–Kier alpha value is -3.97. The van der Waals surface area contributed by atoms with E-state index in [9.17, 15) is 4.79 Å². The van der Waals surface area contributed by atoms with E-state index >= 15 is 0 Å². The van der Waals surface area contributed by atoms with Gasteiger partial charge in [-0.1, -0.05) is 36.4 Å². The standard InChI is InChI=1S/C28H26N4O2S/c1-18-17-22(19(2)31(18)24-15-8-7-13-21(24)27(33)34-3)26-25(23-14-9-10-16-29-23)30-28(35)32(26)20-11-5-4-6-12-20/h4-17,25-26H,1-3H3,(H,30,35). The van der Waals surface area contributed by atoms with E-state index in [1.54, 1.807) is 12.3 Å². The molecule has 0 bridgehead atoms. The highest BCUT2D eigenvalue weighted by molar-refractivity contribution is 7.80. The minimum atomic E-state index is -0.365. The first kappa shape index (κ1) is 22.8. The van der Waals surface area contributed by atoms with Crippen LogP contribution in [0.5, 0.6) is 0 Å². The van der Waals surface area contributed by atoms with Crippen LogP contribution in [0.2, 0.25) is 0 Å². The molecule has 35 heavy (non-hydrogen) atoms. The monoisotopic (exact) mass is 482 g/mol. The van der Waals surface area contributed by atoms with Gasteiger partial charge in [0.1, 0.15) is 0 Å². The molecule has 0 radical (unpaired) electrons. The van der Waals surface area contributed by atoms with Gasteiger partial charge in [0.2, 0.25) is 0 Å².